The molecule has 8 nitrogen and oxygen atoms in total. The highest BCUT2D eigenvalue weighted by Crippen LogP contribution is 2.19. The number of esters is 1. The molecule has 0 aromatic carbocycles. The van der Waals surface area contributed by atoms with Gasteiger partial charge in [-0.2, -0.15) is 0 Å². The molecule has 2 saturated heterocycles. The van der Waals surface area contributed by atoms with E-state index >= 15 is 0 Å². The van der Waals surface area contributed by atoms with Gasteiger partial charge in [-0.15, -0.1) is 12.4 Å². The largest absolute Gasteiger partial charge is 0.481 e. The fourth-order valence-corrected chi connectivity index (χ4v) is 1.73. The molecule has 9 heteroatoms. The van der Waals surface area contributed by atoms with Crippen molar-refractivity contribution >= 4 is 30.4 Å². The predicted molar refractivity (Wildman–Crippen MR) is 84.6 cm³/mol. The van der Waals surface area contributed by atoms with Crippen LogP contribution in [0, 0.1) is 11.8 Å². The molecule has 2 fully saturated rings. The number of nitrogens with zero attached hydrogens (tertiary/aromatic N) is 1. The van der Waals surface area contributed by atoms with Crippen molar-refractivity contribution in [1.29, 1.82) is 0 Å². The first-order valence-corrected chi connectivity index (χ1v) is 7.13. The summed E-state index contributed by atoms with van der Waals surface area (Å²) in [6, 6.07) is 0. The second kappa shape index (κ2) is 8.93. The summed E-state index contributed by atoms with van der Waals surface area (Å²) in [4.78, 5) is 33.7. The highest BCUT2D eigenvalue weighted by molar-refractivity contribution is 5.85. The number of rotatable bonds is 2. The zero-order valence-corrected chi connectivity index (χ0v) is 14.6. The van der Waals surface area contributed by atoms with E-state index in [1.807, 2.05) is 0 Å². The van der Waals surface area contributed by atoms with Gasteiger partial charge in [-0.05, 0) is 20.8 Å². The topological polar surface area (TPSA) is 105 Å². The van der Waals surface area contributed by atoms with Crippen molar-refractivity contribution in [2.75, 3.05) is 33.3 Å². The van der Waals surface area contributed by atoms with E-state index in [4.69, 9.17) is 9.84 Å². The van der Waals surface area contributed by atoms with E-state index < -0.39 is 23.6 Å². The molecule has 0 atom stereocenters. The van der Waals surface area contributed by atoms with E-state index in [9.17, 15) is 14.4 Å². The van der Waals surface area contributed by atoms with Gasteiger partial charge >= 0.3 is 18.0 Å². The maximum atomic E-state index is 11.3. The van der Waals surface area contributed by atoms with E-state index in [0.29, 0.717) is 0 Å². The second-order valence-electron chi connectivity index (χ2n) is 6.30. The number of carboxylic acids is 1. The molecule has 2 N–H and O–H groups in total. The zero-order chi connectivity index (χ0) is 16.9. The molecule has 0 bridgehead atoms. The Morgan fingerprint density at radius 1 is 1.13 bits per heavy atom. The minimum atomic E-state index is -0.857. The van der Waals surface area contributed by atoms with Gasteiger partial charge in [-0.1, -0.05) is 0 Å². The Labute approximate surface area is 141 Å². The predicted octanol–water partition coefficient (Wildman–Crippen LogP) is 0.739. The highest BCUT2D eigenvalue weighted by atomic mass is 35.5. The molecule has 0 spiro atoms. The van der Waals surface area contributed by atoms with E-state index in [-0.39, 0.29) is 37.4 Å². The fraction of sp³-hybridized carbons (Fsp3) is 0.786. The SMILES string of the molecule is CC(C)(C)OC(=O)N1CC(C(=O)O)C1.COC(=O)C1CNC1.Cl. The summed E-state index contributed by atoms with van der Waals surface area (Å²) < 4.78 is 9.54. The molecule has 0 aliphatic carbocycles. The van der Waals surface area contributed by atoms with Crippen LogP contribution in [0.4, 0.5) is 4.79 Å². The average molecular weight is 353 g/mol. The van der Waals surface area contributed by atoms with Crippen molar-refractivity contribution in [3.8, 4) is 0 Å². The minimum Gasteiger partial charge on any atom is -0.481 e. The summed E-state index contributed by atoms with van der Waals surface area (Å²) in [6.45, 7) is 7.41. The van der Waals surface area contributed by atoms with Crippen LogP contribution in [0.3, 0.4) is 0 Å². The molecule has 134 valence electrons. The molecule has 2 aliphatic heterocycles. The Bertz CT molecular complexity index is 427. The smallest absolute Gasteiger partial charge is 0.410 e. The van der Waals surface area contributed by atoms with Crippen LogP contribution in [0.25, 0.3) is 0 Å². The molecule has 0 radical (unpaired) electrons. The number of carbonyl (C=O) groups excluding carboxylic acids is 2. The number of aliphatic carboxylic acids is 1. The van der Waals surface area contributed by atoms with Crippen LogP contribution >= 0.6 is 12.4 Å². The van der Waals surface area contributed by atoms with Gasteiger partial charge in [0.05, 0.1) is 18.9 Å². The molecular formula is C14H25ClN2O6. The highest BCUT2D eigenvalue weighted by Gasteiger charge is 2.37. The first-order chi connectivity index (χ1) is 10.1. The number of hydrogen-bond donors (Lipinski definition) is 2. The Morgan fingerprint density at radius 2 is 1.65 bits per heavy atom. The van der Waals surface area contributed by atoms with Crippen molar-refractivity contribution in [3.63, 3.8) is 0 Å². The van der Waals surface area contributed by atoms with E-state index in [0.717, 1.165) is 13.1 Å². The number of carboxylic acid groups (broad SMARTS) is 1. The third kappa shape index (κ3) is 7.04. The standard InChI is InChI=1S/C9H15NO4.C5H9NO2.ClH/c1-9(2,3)14-8(13)10-4-6(5-10)7(11)12;1-8-5(7)4-2-6-3-4;/h6H,4-5H2,1-3H3,(H,11,12);4,6H,2-3H2,1H3;1H. The summed E-state index contributed by atoms with van der Waals surface area (Å²) in [5.74, 6) is -1.25. The second-order valence-corrected chi connectivity index (χ2v) is 6.30. The molecule has 2 rings (SSSR count). The van der Waals surface area contributed by atoms with Crippen LogP contribution in [0.2, 0.25) is 0 Å². The monoisotopic (exact) mass is 352 g/mol. The van der Waals surface area contributed by atoms with Gasteiger partial charge in [0, 0.05) is 26.2 Å². The van der Waals surface area contributed by atoms with Gasteiger partial charge in [0.15, 0.2) is 0 Å². The maximum Gasteiger partial charge on any atom is 0.410 e. The molecule has 0 aromatic heterocycles. The Hall–Kier alpha value is -1.54. The van der Waals surface area contributed by atoms with Gasteiger partial charge in [0.2, 0.25) is 0 Å². The summed E-state index contributed by atoms with van der Waals surface area (Å²) in [5.41, 5.74) is -0.522. The van der Waals surface area contributed by atoms with Crippen LogP contribution in [-0.4, -0.2) is 66.9 Å². The average Bonchev–Trinajstić information content (AvgIpc) is 2.21. The minimum absolute atomic E-state index is 0. The van der Waals surface area contributed by atoms with Crippen molar-refractivity contribution in [1.82, 2.24) is 10.2 Å². The molecule has 0 unspecified atom stereocenters. The summed E-state index contributed by atoms with van der Waals surface area (Å²) in [6.07, 6.45) is -0.435. The number of methoxy groups -OCH3 is 1. The van der Waals surface area contributed by atoms with E-state index in [1.54, 1.807) is 20.8 Å². The molecule has 0 saturated carbocycles. The van der Waals surface area contributed by atoms with Crippen molar-refractivity contribution in [2.24, 2.45) is 11.8 Å². The van der Waals surface area contributed by atoms with Gasteiger partial charge < -0.3 is 24.8 Å². The van der Waals surface area contributed by atoms with Crippen LogP contribution in [0.5, 0.6) is 0 Å². The number of ether oxygens (including phenoxy) is 2. The lowest BCUT2D eigenvalue weighted by atomic mass is 10.0. The van der Waals surface area contributed by atoms with Gasteiger partial charge in [0.1, 0.15) is 5.60 Å². The first-order valence-electron chi connectivity index (χ1n) is 7.13. The number of amides is 1. The van der Waals surface area contributed by atoms with Crippen LogP contribution in [0.15, 0.2) is 0 Å². The van der Waals surface area contributed by atoms with Crippen LogP contribution < -0.4 is 5.32 Å². The number of halogens is 1. The van der Waals surface area contributed by atoms with Crippen molar-refractivity contribution in [3.05, 3.63) is 0 Å². The van der Waals surface area contributed by atoms with Gasteiger partial charge in [0.25, 0.3) is 0 Å². The number of nitrogens with one attached hydrogen (secondary N) is 1. The number of hydrogen-bond acceptors (Lipinski definition) is 6. The summed E-state index contributed by atoms with van der Waals surface area (Å²) in [5, 5.41) is 11.6. The first kappa shape index (κ1) is 21.5. The van der Waals surface area contributed by atoms with Crippen molar-refractivity contribution < 1.29 is 29.0 Å². The molecular weight excluding hydrogens is 328 g/mol. The summed E-state index contributed by atoms with van der Waals surface area (Å²) >= 11 is 0. The fourth-order valence-electron chi connectivity index (χ4n) is 1.73. The quantitative estimate of drug-likeness (QED) is 0.706. The zero-order valence-electron chi connectivity index (χ0n) is 13.8. The van der Waals surface area contributed by atoms with E-state index in [1.165, 1.54) is 12.0 Å². The molecule has 2 aliphatic rings. The molecule has 0 aromatic rings. The number of carbonyl (C=O) groups is 3. The molecule has 2 heterocycles. The Kier molecular flexibility index (Phi) is 8.33. The van der Waals surface area contributed by atoms with Gasteiger partial charge in [-0.25, -0.2) is 4.79 Å². The van der Waals surface area contributed by atoms with E-state index in [2.05, 4.69) is 10.1 Å². The van der Waals surface area contributed by atoms with Crippen molar-refractivity contribution in [2.45, 2.75) is 26.4 Å². The third-order valence-corrected chi connectivity index (χ3v) is 3.20. The summed E-state index contributed by atoms with van der Waals surface area (Å²) in [7, 11) is 1.42. The van der Waals surface area contributed by atoms with Crippen LogP contribution in [-0.2, 0) is 19.1 Å². The van der Waals surface area contributed by atoms with Crippen LogP contribution in [0.1, 0.15) is 20.8 Å². The van der Waals surface area contributed by atoms with Gasteiger partial charge in [-0.3, -0.25) is 9.59 Å². The normalized spacial score (nSPS) is 17.5. The third-order valence-electron chi connectivity index (χ3n) is 3.20. The Balaban J connectivity index is 0.000000460. The molecule has 23 heavy (non-hydrogen) atoms. The maximum absolute atomic E-state index is 11.3. The molecule has 1 amide bonds. The lowest BCUT2D eigenvalue weighted by molar-refractivity contribution is -0.147. The lowest BCUT2D eigenvalue weighted by Gasteiger charge is -2.37. The number of likely N-dealkylation sites (tertiary alicyclic amines) is 1. The Morgan fingerprint density at radius 3 is 1.91 bits per heavy atom. The lowest BCUT2D eigenvalue weighted by Crippen LogP contribution is -2.54.